The van der Waals surface area contributed by atoms with Gasteiger partial charge in [0, 0.05) is 16.9 Å². The van der Waals surface area contributed by atoms with Crippen molar-refractivity contribution in [3.63, 3.8) is 0 Å². The van der Waals surface area contributed by atoms with Gasteiger partial charge in [-0.15, -0.1) is 0 Å². The fraction of sp³-hybridized carbons (Fsp3) is 0.200. The normalized spacial score (nSPS) is 11.0. The molecule has 0 fully saturated rings. The van der Waals surface area contributed by atoms with Gasteiger partial charge in [-0.05, 0) is 24.6 Å². The number of aromatic nitrogens is 5. The Kier molecular flexibility index (Phi) is 4.42. The molecule has 0 amide bonds. The number of hydrogen-bond acceptors (Lipinski definition) is 4. The third kappa shape index (κ3) is 2.98. The van der Waals surface area contributed by atoms with Crippen molar-refractivity contribution in [2.24, 2.45) is 0 Å². The van der Waals surface area contributed by atoms with Gasteiger partial charge < -0.3 is 0 Å². The first-order valence-electron chi connectivity index (χ1n) is 6.83. The van der Waals surface area contributed by atoms with Crippen LogP contribution in [0.3, 0.4) is 0 Å². The van der Waals surface area contributed by atoms with Crippen LogP contribution >= 0.6 is 15.9 Å². The molecule has 8 heteroatoms. The van der Waals surface area contributed by atoms with Gasteiger partial charge in [-0.25, -0.2) is 28.4 Å². The van der Waals surface area contributed by atoms with Crippen molar-refractivity contribution in [3.05, 3.63) is 46.7 Å². The lowest BCUT2D eigenvalue weighted by Gasteiger charge is -2.07. The van der Waals surface area contributed by atoms with Crippen molar-refractivity contribution in [1.82, 2.24) is 24.7 Å². The Morgan fingerprint density at radius 2 is 1.96 bits per heavy atom. The van der Waals surface area contributed by atoms with Crippen LogP contribution in [0.25, 0.3) is 22.8 Å². The maximum atomic E-state index is 14.6. The molecule has 5 nitrogen and oxygen atoms in total. The van der Waals surface area contributed by atoms with Crippen LogP contribution in [-0.4, -0.2) is 31.4 Å². The van der Waals surface area contributed by atoms with Crippen molar-refractivity contribution in [2.75, 3.05) is 6.67 Å². The van der Waals surface area contributed by atoms with E-state index in [9.17, 15) is 8.78 Å². The van der Waals surface area contributed by atoms with Crippen molar-refractivity contribution in [3.8, 4) is 22.8 Å². The average Bonchev–Trinajstić information content (AvgIpc) is 2.98. The van der Waals surface area contributed by atoms with Crippen LogP contribution in [0.4, 0.5) is 8.78 Å². The van der Waals surface area contributed by atoms with Crippen molar-refractivity contribution in [2.45, 2.75) is 13.5 Å². The van der Waals surface area contributed by atoms with Gasteiger partial charge in [0.2, 0.25) is 0 Å². The molecule has 23 heavy (non-hydrogen) atoms. The zero-order chi connectivity index (χ0) is 16.4. The van der Waals surface area contributed by atoms with E-state index in [0.717, 1.165) is 0 Å². The summed E-state index contributed by atoms with van der Waals surface area (Å²) < 4.78 is 29.4. The summed E-state index contributed by atoms with van der Waals surface area (Å²) >= 11 is 3.28. The lowest BCUT2D eigenvalue weighted by Crippen LogP contribution is -2.05. The number of rotatable bonds is 4. The maximum Gasteiger partial charge on any atom is 0.184 e. The Balaban J connectivity index is 2.15. The number of halogens is 3. The summed E-state index contributed by atoms with van der Waals surface area (Å²) in [7, 11) is 0. The van der Waals surface area contributed by atoms with Crippen molar-refractivity contribution in [1.29, 1.82) is 0 Å². The Labute approximate surface area is 139 Å². The largest absolute Gasteiger partial charge is 0.249 e. The lowest BCUT2D eigenvalue weighted by molar-refractivity contribution is 0.429. The summed E-state index contributed by atoms with van der Waals surface area (Å²) in [6.45, 7) is 1.02. The molecule has 1 aromatic carbocycles. The minimum Gasteiger partial charge on any atom is -0.249 e. The Bertz CT molecular complexity index is 835. The number of nitrogens with zero attached hydrogens (tertiary/aromatic N) is 5. The van der Waals surface area contributed by atoms with Gasteiger partial charge >= 0.3 is 0 Å². The second-order valence-corrected chi connectivity index (χ2v) is 5.69. The number of aryl methyl sites for hydroxylation is 1. The number of alkyl halides is 1. The highest BCUT2D eigenvalue weighted by molar-refractivity contribution is 9.10. The molecule has 0 saturated heterocycles. The van der Waals surface area contributed by atoms with Gasteiger partial charge in [0.15, 0.2) is 11.6 Å². The fourth-order valence-corrected chi connectivity index (χ4v) is 2.45. The second kappa shape index (κ2) is 6.49. The van der Waals surface area contributed by atoms with Gasteiger partial charge in [0.1, 0.15) is 18.8 Å². The van der Waals surface area contributed by atoms with E-state index in [4.69, 9.17) is 0 Å². The summed E-state index contributed by atoms with van der Waals surface area (Å²) in [5, 5.41) is 4.25. The van der Waals surface area contributed by atoms with Crippen molar-refractivity contribution >= 4 is 15.9 Å². The van der Waals surface area contributed by atoms with E-state index >= 15 is 0 Å². The van der Waals surface area contributed by atoms with Gasteiger partial charge in [0.05, 0.1) is 17.7 Å². The predicted molar refractivity (Wildman–Crippen MR) is 84.9 cm³/mol. The first kappa shape index (κ1) is 15.7. The van der Waals surface area contributed by atoms with Gasteiger partial charge in [-0.3, -0.25) is 0 Å². The van der Waals surface area contributed by atoms with Crippen molar-refractivity contribution < 1.29 is 8.78 Å². The highest BCUT2D eigenvalue weighted by atomic mass is 79.9. The monoisotopic (exact) mass is 379 g/mol. The molecular weight excluding hydrogens is 368 g/mol. The minimum atomic E-state index is -0.627. The molecule has 0 spiro atoms. The predicted octanol–water partition coefficient (Wildman–Crippen LogP) is 3.58. The van der Waals surface area contributed by atoms with Gasteiger partial charge in [-0.2, -0.15) is 5.10 Å². The Morgan fingerprint density at radius 3 is 2.65 bits per heavy atom. The highest BCUT2D eigenvalue weighted by Crippen LogP contribution is 2.29. The first-order valence-corrected chi connectivity index (χ1v) is 7.62. The van der Waals surface area contributed by atoms with Crippen LogP contribution in [0.5, 0.6) is 0 Å². The Morgan fingerprint density at radius 1 is 1.22 bits per heavy atom. The molecule has 0 saturated carbocycles. The van der Waals surface area contributed by atoms with Crippen LogP contribution in [-0.2, 0) is 6.54 Å². The summed E-state index contributed by atoms with van der Waals surface area (Å²) in [5.41, 5.74) is 1.32. The third-order valence-electron chi connectivity index (χ3n) is 3.35. The van der Waals surface area contributed by atoms with E-state index < -0.39 is 12.5 Å². The quantitative estimate of drug-likeness (QED) is 0.694. The van der Waals surface area contributed by atoms with Crippen LogP contribution < -0.4 is 0 Å². The van der Waals surface area contributed by atoms with Crippen LogP contribution in [0, 0.1) is 12.7 Å². The zero-order valence-electron chi connectivity index (χ0n) is 12.2. The van der Waals surface area contributed by atoms with E-state index in [1.165, 1.54) is 11.0 Å². The van der Waals surface area contributed by atoms with Crippen LogP contribution in [0.2, 0.25) is 0 Å². The fourth-order valence-electron chi connectivity index (χ4n) is 2.15. The smallest absolute Gasteiger partial charge is 0.184 e. The molecule has 0 N–H and O–H groups in total. The molecule has 0 unspecified atom stereocenters. The van der Waals surface area contributed by atoms with Gasteiger partial charge in [0.25, 0.3) is 0 Å². The van der Waals surface area contributed by atoms with Gasteiger partial charge in [-0.1, -0.05) is 15.9 Å². The summed E-state index contributed by atoms with van der Waals surface area (Å²) in [5.74, 6) is 0.186. The van der Waals surface area contributed by atoms with E-state index in [0.29, 0.717) is 21.4 Å². The average molecular weight is 380 g/mol. The molecule has 0 aliphatic rings. The molecule has 0 bridgehead atoms. The molecule has 0 aliphatic carbocycles. The first-order chi connectivity index (χ1) is 11.1. The summed E-state index contributed by atoms with van der Waals surface area (Å²) in [6.07, 6.45) is 4.49. The molecule has 0 radical (unpaired) electrons. The standard InChI is InChI=1S/C15H12BrF2N5/c1-9-12(16)3-2-11(13(9)18)15-21-14(22-23(15)5-4-17)10-6-19-8-20-7-10/h2-3,6-8H,4-5H2,1H3. The summed E-state index contributed by atoms with van der Waals surface area (Å²) in [4.78, 5) is 12.2. The molecule has 2 heterocycles. The number of hydrogen-bond donors (Lipinski definition) is 0. The molecule has 0 atom stereocenters. The molecular formula is C15H12BrF2N5. The zero-order valence-corrected chi connectivity index (χ0v) is 13.8. The highest BCUT2D eigenvalue weighted by Gasteiger charge is 2.18. The van der Waals surface area contributed by atoms with E-state index in [1.807, 2.05) is 0 Å². The third-order valence-corrected chi connectivity index (χ3v) is 4.21. The Hall–Kier alpha value is -2.22. The topological polar surface area (TPSA) is 56.5 Å². The number of benzene rings is 1. The lowest BCUT2D eigenvalue weighted by atomic mass is 10.1. The molecule has 0 aliphatic heterocycles. The molecule has 2 aromatic heterocycles. The molecule has 3 rings (SSSR count). The summed E-state index contributed by atoms with van der Waals surface area (Å²) in [6, 6.07) is 3.32. The SMILES string of the molecule is Cc1c(Br)ccc(-c2nc(-c3cncnc3)nn2CCF)c1F. The molecule has 118 valence electrons. The van der Waals surface area contributed by atoms with E-state index in [1.54, 1.807) is 31.5 Å². The molecule has 3 aromatic rings. The minimum absolute atomic E-state index is 0.00935. The van der Waals surface area contributed by atoms with Crippen LogP contribution in [0.15, 0.2) is 35.3 Å². The van der Waals surface area contributed by atoms with E-state index in [2.05, 4.69) is 36.0 Å². The maximum absolute atomic E-state index is 14.6. The van der Waals surface area contributed by atoms with E-state index in [-0.39, 0.29) is 17.9 Å². The van der Waals surface area contributed by atoms with Crippen LogP contribution in [0.1, 0.15) is 5.56 Å². The second-order valence-electron chi connectivity index (χ2n) is 4.83.